The van der Waals surface area contributed by atoms with Crippen molar-refractivity contribution in [3.8, 4) is 11.5 Å². The highest BCUT2D eigenvalue weighted by atomic mass is 19.3. The molecule has 0 amide bonds. The van der Waals surface area contributed by atoms with Gasteiger partial charge < -0.3 is 29.7 Å². The summed E-state index contributed by atoms with van der Waals surface area (Å²) in [6, 6.07) is 5.20. The van der Waals surface area contributed by atoms with Crippen LogP contribution in [-0.2, 0) is 11.3 Å². The summed E-state index contributed by atoms with van der Waals surface area (Å²) >= 11 is 0. The maximum absolute atomic E-state index is 12.7. The molecule has 1 aromatic carbocycles. The second kappa shape index (κ2) is 12.4. The molecule has 1 aliphatic heterocycles. The highest BCUT2D eigenvalue weighted by molar-refractivity contribution is 5.80. The number of rotatable bonds is 10. The SMILES string of the molecule is CN=C(NCc1ccc(OC)cc1OC(F)F)NC1CCN(CCCOC)CC1. The smallest absolute Gasteiger partial charge is 0.387 e. The van der Waals surface area contributed by atoms with E-state index in [0.717, 1.165) is 45.5 Å². The minimum Gasteiger partial charge on any atom is -0.497 e. The molecule has 1 aliphatic rings. The van der Waals surface area contributed by atoms with Crippen LogP contribution in [0.25, 0.3) is 0 Å². The van der Waals surface area contributed by atoms with Gasteiger partial charge >= 0.3 is 6.61 Å². The highest BCUT2D eigenvalue weighted by Crippen LogP contribution is 2.26. The van der Waals surface area contributed by atoms with Gasteiger partial charge in [0.1, 0.15) is 11.5 Å². The maximum Gasteiger partial charge on any atom is 0.387 e. The summed E-state index contributed by atoms with van der Waals surface area (Å²) in [5, 5.41) is 6.60. The molecular formula is C20H32F2N4O3. The van der Waals surface area contributed by atoms with Crippen molar-refractivity contribution in [2.75, 3.05) is 47.5 Å². The van der Waals surface area contributed by atoms with E-state index in [0.29, 0.717) is 29.9 Å². The van der Waals surface area contributed by atoms with Crippen LogP contribution < -0.4 is 20.1 Å². The zero-order valence-corrected chi connectivity index (χ0v) is 17.4. The Morgan fingerprint density at radius 2 is 2.03 bits per heavy atom. The number of halogens is 2. The molecule has 1 fully saturated rings. The molecule has 9 heteroatoms. The molecule has 1 saturated heterocycles. The quantitative estimate of drug-likeness (QED) is 0.348. The molecular weight excluding hydrogens is 382 g/mol. The van der Waals surface area contributed by atoms with Gasteiger partial charge in [-0.2, -0.15) is 8.78 Å². The normalized spacial score (nSPS) is 16.1. The predicted octanol–water partition coefficient (Wildman–Crippen LogP) is 2.46. The van der Waals surface area contributed by atoms with Crippen molar-refractivity contribution in [3.05, 3.63) is 23.8 Å². The Morgan fingerprint density at radius 1 is 1.28 bits per heavy atom. The topological polar surface area (TPSA) is 67.4 Å². The molecule has 0 radical (unpaired) electrons. The highest BCUT2D eigenvalue weighted by Gasteiger charge is 2.20. The average molecular weight is 414 g/mol. The summed E-state index contributed by atoms with van der Waals surface area (Å²) in [5.41, 5.74) is 0.599. The molecule has 0 spiro atoms. The van der Waals surface area contributed by atoms with Gasteiger partial charge in [0.2, 0.25) is 0 Å². The minimum absolute atomic E-state index is 0.0895. The maximum atomic E-state index is 12.7. The van der Waals surface area contributed by atoms with Gasteiger partial charge in [0, 0.05) is 64.6 Å². The lowest BCUT2D eigenvalue weighted by atomic mass is 10.1. The Labute approximate surface area is 171 Å². The van der Waals surface area contributed by atoms with Crippen molar-refractivity contribution in [2.45, 2.75) is 38.5 Å². The fraction of sp³-hybridized carbons (Fsp3) is 0.650. The standard InChI is InChI=1S/C20H32F2N4O3/c1-23-20(25-16-7-10-26(11-8-16)9-4-12-27-2)24-14-15-5-6-17(28-3)13-18(15)29-19(21)22/h5-6,13,16,19H,4,7-12,14H2,1-3H3,(H2,23,24,25). The second-order valence-electron chi connectivity index (χ2n) is 6.88. The number of alkyl halides is 2. The number of piperidine rings is 1. The number of methoxy groups -OCH3 is 2. The Balaban J connectivity index is 1.84. The second-order valence-corrected chi connectivity index (χ2v) is 6.88. The van der Waals surface area contributed by atoms with Crippen molar-refractivity contribution < 1.29 is 23.0 Å². The van der Waals surface area contributed by atoms with Crippen LogP contribution in [0.3, 0.4) is 0 Å². The van der Waals surface area contributed by atoms with Gasteiger partial charge in [-0.1, -0.05) is 0 Å². The summed E-state index contributed by atoms with van der Waals surface area (Å²) in [5.74, 6) is 1.19. The van der Waals surface area contributed by atoms with Crippen molar-refractivity contribution in [3.63, 3.8) is 0 Å². The summed E-state index contributed by atoms with van der Waals surface area (Å²) in [6.45, 7) is 1.32. The monoisotopic (exact) mass is 414 g/mol. The van der Waals surface area contributed by atoms with E-state index in [1.165, 1.54) is 13.2 Å². The fourth-order valence-electron chi connectivity index (χ4n) is 3.31. The van der Waals surface area contributed by atoms with Crippen LogP contribution in [0.5, 0.6) is 11.5 Å². The van der Waals surface area contributed by atoms with Crippen LogP contribution in [0.4, 0.5) is 8.78 Å². The summed E-state index contributed by atoms with van der Waals surface area (Å²) in [6.07, 6.45) is 3.09. The number of ether oxygens (including phenoxy) is 3. The molecule has 0 bridgehead atoms. The van der Waals surface area contributed by atoms with Gasteiger partial charge in [-0.15, -0.1) is 0 Å². The number of likely N-dealkylation sites (tertiary alicyclic amines) is 1. The molecule has 1 aromatic rings. The van der Waals surface area contributed by atoms with Gasteiger partial charge in [0.05, 0.1) is 7.11 Å². The molecule has 2 N–H and O–H groups in total. The Bertz CT molecular complexity index is 638. The number of hydrogen-bond acceptors (Lipinski definition) is 5. The number of aliphatic imine (C=N–C) groups is 1. The zero-order chi connectivity index (χ0) is 21.1. The van der Waals surface area contributed by atoms with Crippen LogP contribution in [0.15, 0.2) is 23.2 Å². The fourth-order valence-corrected chi connectivity index (χ4v) is 3.31. The first-order chi connectivity index (χ1) is 14.0. The Hall–Kier alpha value is -2.13. The predicted molar refractivity (Wildman–Crippen MR) is 109 cm³/mol. The Morgan fingerprint density at radius 3 is 2.66 bits per heavy atom. The van der Waals surface area contributed by atoms with Gasteiger partial charge in [-0.25, -0.2) is 0 Å². The summed E-state index contributed by atoms with van der Waals surface area (Å²) in [4.78, 5) is 6.70. The average Bonchev–Trinajstić information content (AvgIpc) is 2.72. The zero-order valence-electron chi connectivity index (χ0n) is 17.4. The van der Waals surface area contributed by atoms with Gasteiger partial charge in [-0.05, 0) is 31.4 Å². The number of benzene rings is 1. The number of nitrogens with one attached hydrogen (secondary N) is 2. The number of hydrogen-bond donors (Lipinski definition) is 2. The van der Waals surface area contributed by atoms with E-state index in [1.807, 2.05) is 0 Å². The van der Waals surface area contributed by atoms with Crippen molar-refractivity contribution in [2.24, 2.45) is 4.99 Å². The van der Waals surface area contributed by atoms with Crippen LogP contribution in [-0.4, -0.2) is 71.0 Å². The van der Waals surface area contributed by atoms with Crippen LogP contribution in [0, 0.1) is 0 Å². The summed E-state index contributed by atoms with van der Waals surface area (Å²) < 4.78 is 40.2. The van der Waals surface area contributed by atoms with Gasteiger partial charge in [-0.3, -0.25) is 4.99 Å². The molecule has 1 heterocycles. The first kappa shape index (κ1) is 23.2. The number of guanidine groups is 1. The third-order valence-electron chi connectivity index (χ3n) is 4.91. The van der Waals surface area contributed by atoms with Crippen LogP contribution >= 0.6 is 0 Å². The van der Waals surface area contributed by atoms with Crippen LogP contribution in [0.1, 0.15) is 24.8 Å². The van der Waals surface area contributed by atoms with E-state index in [9.17, 15) is 8.78 Å². The van der Waals surface area contributed by atoms with E-state index in [1.54, 1.807) is 26.3 Å². The van der Waals surface area contributed by atoms with E-state index in [2.05, 4.69) is 25.3 Å². The minimum atomic E-state index is -2.90. The molecule has 0 aliphatic carbocycles. The molecule has 0 saturated carbocycles. The Kier molecular flexibility index (Phi) is 9.93. The van der Waals surface area contributed by atoms with Crippen molar-refractivity contribution in [1.82, 2.24) is 15.5 Å². The largest absolute Gasteiger partial charge is 0.497 e. The van der Waals surface area contributed by atoms with Gasteiger partial charge in [0.15, 0.2) is 5.96 Å². The molecule has 0 unspecified atom stereocenters. The molecule has 0 atom stereocenters. The lowest BCUT2D eigenvalue weighted by Gasteiger charge is -2.33. The van der Waals surface area contributed by atoms with Crippen molar-refractivity contribution >= 4 is 5.96 Å². The lowest BCUT2D eigenvalue weighted by Crippen LogP contribution is -2.48. The molecule has 29 heavy (non-hydrogen) atoms. The molecule has 164 valence electrons. The van der Waals surface area contributed by atoms with Crippen molar-refractivity contribution in [1.29, 1.82) is 0 Å². The van der Waals surface area contributed by atoms with Gasteiger partial charge in [0.25, 0.3) is 0 Å². The summed E-state index contributed by atoms with van der Waals surface area (Å²) in [7, 11) is 4.90. The third kappa shape index (κ3) is 8.02. The van der Waals surface area contributed by atoms with E-state index >= 15 is 0 Å². The van der Waals surface area contributed by atoms with Crippen LogP contribution in [0.2, 0.25) is 0 Å². The lowest BCUT2D eigenvalue weighted by molar-refractivity contribution is -0.0505. The number of nitrogens with zero attached hydrogens (tertiary/aromatic N) is 2. The first-order valence-electron chi connectivity index (χ1n) is 9.86. The van der Waals surface area contributed by atoms with E-state index in [-0.39, 0.29) is 5.75 Å². The molecule has 2 rings (SSSR count). The first-order valence-corrected chi connectivity index (χ1v) is 9.86. The van der Waals surface area contributed by atoms with E-state index < -0.39 is 6.61 Å². The third-order valence-corrected chi connectivity index (χ3v) is 4.91. The molecule has 7 nitrogen and oxygen atoms in total. The molecule has 0 aromatic heterocycles. The van der Waals surface area contributed by atoms with E-state index in [4.69, 9.17) is 9.47 Å².